The smallest absolute Gasteiger partial charge is 0.241 e. The summed E-state index contributed by atoms with van der Waals surface area (Å²) in [6, 6.07) is 17.7. The number of hydrogen-bond donors (Lipinski definition) is 1. The van der Waals surface area contributed by atoms with Gasteiger partial charge in [0.25, 0.3) is 0 Å². The van der Waals surface area contributed by atoms with Crippen LogP contribution in [-0.4, -0.2) is 23.9 Å². The van der Waals surface area contributed by atoms with Crippen molar-refractivity contribution in [1.29, 1.82) is 0 Å². The van der Waals surface area contributed by atoms with Crippen molar-refractivity contribution in [2.45, 2.75) is 62.4 Å². The first-order valence-corrected chi connectivity index (χ1v) is 15.6. The normalized spacial score (nSPS) is 16.7. The van der Waals surface area contributed by atoms with Crippen LogP contribution in [0.5, 0.6) is 0 Å². The van der Waals surface area contributed by atoms with E-state index in [0.717, 1.165) is 16.7 Å². The molecule has 0 aliphatic heterocycles. The predicted octanol–water partition coefficient (Wildman–Crippen LogP) is 6.64. The van der Waals surface area contributed by atoms with E-state index in [-0.39, 0.29) is 40.9 Å². The lowest BCUT2D eigenvalue weighted by atomic mass is 9.86. The zero-order valence-corrected chi connectivity index (χ0v) is 25.6. The molecule has 1 N–H and O–H groups in total. The number of benzene rings is 3. The third-order valence-electron chi connectivity index (χ3n) is 8.01. The number of aryl methyl sites for hydroxylation is 1. The van der Waals surface area contributed by atoms with Gasteiger partial charge in [0.1, 0.15) is 11.6 Å². The first kappa shape index (κ1) is 29.9. The highest BCUT2D eigenvalue weighted by atomic mass is 35.5. The number of nitrogens with one attached hydrogen (secondary N) is 1. The molecule has 1 aliphatic carbocycles. The summed E-state index contributed by atoms with van der Waals surface area (Å²) in [5.41, 5.74) is 3.08. The standard InChI is InChI=1S/C32H34ClFN4O3S/c1-21(22-8-10-24(34)11-9-22)16-31(39)38(20-30-35-14-15-37(30)4)25-12-13-28-27(18-25)29(19-32(28,2)3)36-42(40,41)26-7-5-6-23(33)17-26/h5-15,17-18,21,29,36H,16,19-20H2,1-4H3/t21-,29+/m0/s1. The largest absolute Gasteiger partial charge is 0.337 e. The van der Waals surface area contributed by atoms with Crippen molar-refractivity contribution in [3.63, 3.8) is 0 Å². The van der Waals surface area contributed by atoms with Gasteiger partial charge < -0.3 is 9.47 Å². The number of hydrogen-bond acceptors (Lipinski definition) is 4. The zero-order chi connectivity index (χ0) is 30.2. The van der Waals surface area contributed by atoms with E-state index < -0.39 is 16.1 Å². The number of carbonyl (C=O) groups is 1. The number of anilines is 1. The molecule has 42 heavy (non-hydrogen) atoms. The molecule has 3 aromatic carbocycles. The molecule has 4 aromatic rings. The highest BCUT2D eigenvalue weighted by Crippen LogP contribution is 2.46. The van der Waals surface area contributed by atoms with Gasteiger partial charge in [-0.15, -0.1) is 0 Å². The number of sulfonamides is 1. The number of nitrogens with zero attached hydrogens (tertiary/aromatic N) is 3. The minimum absolute atomic E-state index is 0.0961. The highest BCUT2D eigenvalue weighted by molar-refractivity contribution is 7.89. The van der Waals surface area contributed by atoms with Crippen molar-refractivity contribution in [3.8, 4) is 0 Å². The van der Waals surface area contributed by atoms with E-state index in [4.69, 9.17) is 11.6 Å². The van der Waals surface area contributed by atoms with Crippen LogP contribution in [0.4, 0.5) is 10.1 Å². The molecule has 1 aliphatic rings. The maximum atomic E-state index is 13.9. The fraction of sp³-hybridized carbons (Fsp3) is 0.312. The van der Waals surface area contributed by atoms with Gasteiger partial charge >= 0.3 is 0 Å². The van der Waals surface area contributed by atoms with Crippen molar-refractivity contribution >= 4 is 33.2 Å². The Balaban J connectivity index is 1.49. The molecule has 0 spiro atoms. The van der Waals surface area contributed by atoms with E-state index in [1.807, 2.05) is 42.9 Å². The van der Waals surface area contributed by atoms with Crippen LogP contribution >= 0.6 is 11.6 Å². The van der Waals surface area contributed by atoms with Crippen LogP contribution in [0.2, 0.25) is 5.02 Å². The van der Waals surface area contributed by atoms with Gasteiger partial charge in [0.2, 0.25) is 15.9 Å². The van der Waals surface area contributed by atoms with E-state index >= 15 is 0 Å². The van der Waals surface area contributed by atoms with Gasteiger partial charge in [0, 0.05) is 42.6 Å². The van der Waals surface area contributed by atoms with Crippen molar-refractivity contribution in [2.24, 2.45) is 7.05 Å². The SMILES string of the molecule is C[C@@H](CC(=O)N(Cc1nccn1C)c1ccc2c(c1)[C@H](NS(=O)(=O)c1cccc(Cl)c1)CC2(C)C)c1ccc(F)cc1. The Bertz CT molecular complexity index is 1720. The molecule has 0 saturated carbocycles. The molecule has 1 aromatic heterocycles. The number of aromatic nitrogens is 2. The lowest BCUT2D eigenvalue weighted by molar-refractivity contribution is -0.119. The molecule has 2 atom stereocenters. The van der Waals surface area contributed by atoms with Crippen molar-refractivity contribution in [2.75, 3.05) is 4.90 Å². The first-order valence-electron chi connectivity index (χ1n) is 13.8. The summed E-state index contributed by atoms with van der Waals surface area (Å²) < 4.78 is 44.9. The summed E-state index contributed by atoms with van der Waals surface area (Å²) in [6.07, 6.45) is 4.26. The number of fused-ring (bicyclic) bond motifs is 1. The summed E-state index contributed by atoms with van der Waals surface area (Å²) >= 11 is 6.08. The molecule has 0 fully saturated rings. The van der Waals surface area contributed by atoms with Crippen LogP contribution in [0.3, 0.4) is 0 Å². The summed E-state index contributed by atoms with van der Waals surface area (Å²) in [5, 5.41) is 0.339. The monoisotopic (exact) mass is 608 g/mol. The van der Waals surface area contributed by atoms with E-state index in [9.17, 15) is 17.6 Å². The Morgan fingerprint density at radius 1 is 1.17 bits per heavy atom. The lowest BCUT2D eigenvalue weighted by Gasteiger charge is -2.26. The van der Waals surface area contributed by atoms with Gasteiger partial charge in [-0.05, 0) is 76.9 Å². The minimum Gasteiger partial charge on any atom is -0.337 e. The maximum absolute atomic E-state index is 13.9. The van der Waals surface area contributed by atoms with Crippen molar-refractivity contribution in [3.05, 3.63) is 112 Å². The van der Waals surface area contributed by atoms with E-state index in [0.29, 0.717) is 23.0 Å². The molecule has 1 heterocycles. The quantitative estimate of drug-likeness (QED) is 0.231. The zero-order valence-electron chi connectivity index (χ0n) is 24.0. The third-order valence-corrected chi connectivity index (χ3v) is 9.72. The lowest BCUT2D eigenvalue weighted by Crippen LogP contribution is -2.32. The fourth-order valence-corrected chi connectivity index (χ4v) is 7.16. The average molecular weight is 609 g/mol. The Morgan fingerprint density at radius 3 is 2.57 bits per heavy atom. The van der Waals surface area contributed by atoms with Gasteiger partial charge in [0.15, 0.2) is 0 Å². The van der Waals surface area contributed by atoms with Crippen LogP contribution in [0.1, 0.15) is 68.1 Å². The molecule has 0 bridgehead atoms. The Kier molecular flexibility index (Phi) is 8.29. The van der Waals surface area contributed by atoms with E-state index in [1.165, 1.54) is 24.3 Å². The van der Waals surface area contributed by atoms with Gasteiger partial charge in [-0.1, -0.05) is 56.6 Å². The van der Waals surface area contributed by atoms with Gasteiger partial charge in [0.05, 0.1) is 11.4 Å². The summed E-state index contributed by atoms with van der Waals surface area (Å²) in [7, 11) is -1.99. The predicted molar refractivity (Wildman–Crippen MR) is 162 cm³/mol. The highest BCUT2D eigenvalue weighted by Gasteiger charge is 2.39. The van der Waals surface area contributed by atoms with Crippen LogP contribution in [0, 0.1) is 5.82 Å². The molecule has 0 radical (unpaired) electrons. The van der Waals surface area contributed by atoms with Crippen LogP contribution in [0.15, 0.2) is 84.0 Å². The first-order chi connectivity index (χ1) is 19.8. The van der Waals surface area contributed by atoms with Crippen LogP contribution in [0.25, 0.3) is 0 Å². The van der Waals surface area contributed by atoms with Crippen LogP contribution < -0.4 is 9.62 Å². The second-order valence-electron chi connectivity index (χ2n) is 11.6. The third kappa shape index (κ3) is 6.28. The molecule has 10 heteroatoms. The molecule has 5 rings (SSSR count). The Labute approximate surface area is 251 Å². The second-order valence-corrected chi connectivity index (χ2v) is 13.7. The van der Waals surface area contributed by atoms with Gasteiger partial charge in [-0.25, -0.2) is 22.5 Å². The fourth-order valence-electron chi connectivity index (χ4n) is 5.64. The number of rotatable bonds is 9. The molecule has 0 unspecified atom stereocenters. The number of halogens is 2. The summed E-state index contributed by atoms with van der Waals surface area (Å²) in [5.74, 6) is 0.114. The summed E-state index contributed by atoms with van der Waals surface area (Å²) in [6.45, 7) is 6.34. The topological polar surface area (TPSA) is 84.3 Å². The Morgan fingerprint density at radius 2 is 1.90 bits per heavy atom. The van der Waals surface area contributed by atoms with Crippen LogP contribution in [-0.2, 0) is 33.8 Å². The summed E-state index contributed by atoms with van der Waals surface area (Å²) in [4.78, 5) is 20.1. The molecule has 220 valence electrons. The van der Waals surface area contributed by atoms with Gasteiger partial charge in [-0.2, -0.15) is 0 Å². The van der Waals surface area contributed by atoms with Crippen molar-refractivity contribution < 1.29 is 17.6 Å². The molecule has 7 nitrogen and oxygen atoms in total. The minimum atomic E-state index is -3.86. The van der Waals surface area contributed by atoms with Gasteiger partial charge in [-0.3, -0.25) is 4.79 Å². The molecular formula is C32H34ClFN4O3S. The number of imidazole rings is 1. The number of carbonyl (C=O) groups excluding carboxylic acids is 1. The number of amides is 1. The molecular weight excluding hydrogens is 575 g/mol. The average Bonchev–Trinajstić information content (AvgIpc) is 3.45. The Hall–Kier alpha value is -3.53. The van der Waals surface area contributed by atoms with E-state index in [1.54, 1.807) is 35.4 Å². The second kappa shape index (κ2) is 11.6. The van der Waals surface area contributed by atoms with E-state index in [2.05, 4.69) is 23.6 Å². The van der Waals surface area contributed by atoms with Crippen molar-refractivity contribution in [1.82, 2.24) is 14.3 Å². The molecule has 1 amide bonds. The maximum Gasteiger partial charge on any atom is 0.241 e. The molecule has 0 saturated heterocycles.